The highest BCUT2D eigenvalue weighted by atomic mass is 79.9. The average Bonchev–Trinajstić information content (AvgIpc) is 2.85. The standard InChI is InChI=1S/C27H35BrN2O3S/c1-3-25(27(32)29-23-9-5-4-6-10-23)30(17-21-8-7-11-24(16-21)33-2)26(31)19-34-18-20-12-14-22(28)15-13-20/h7-8,11-16,23,25H,3-6,9-10,17-19H2,1-2H3,(H,29,32). The van der Waals surface area contributed by atoms with E-state index < -0.39 is 6.04 Å². The van der Waals surface area contributed by atoms with Gasteiger partial charge in [0.25, 0.3) is 0 Å². The van der Waals surface area contributed by atoms with E-state index in [-0.39, 0.29) is 17.9 Å². The molecular weight excluding hydrogens is 512 g/mol. The quantitative estimate of drug-likeness (QED) is 0.378. The molecule has 0 aromatic heterocycles. The zero-order valence-electron chi connectivity index (χ0n) is 20.1. The van der Waals surface area contributed by atoms with Crippen LogP contribution in [-0.2, 0) is 21.9 Å². The van der Waals surface area contributed by atoms with Gasteiger partial charge in [0.05, 0.1) is 12.9 Å². The summed E-state index contributed by atoms with van der Waals surface area (Å²) in [4.78, 5) is 28.5. The molecule has 3 rings (SSSR count). The van der Waals surface area contributed by atoms with E-state index in [4.69, 9.17) is 4.74 Å². The lowest BCUT2D eigenvalue weighted by Crippen LogP contribution is -2.52. The molecule has 1 fully saturated rings. The molecule has 184 valence electrons. The molecule has 1 aliphatic rings. The lowest BCUT2D eigenvalue weighted by Gasteiger charge is -2.32. The maximum absolute atomic E-state index is 13.4. The van der Waals surface area contributed by atoms with Gasteiger partial charge in [-0.15, -0.1) is 11.8 Å². The van der Waals surface area contributed by atoms with Crippen LogP contribution in [0.15, 0.2) is 53.0 Å². The number of amides is 2. The first-order valence-corrected chi connectivity index (χ1v) is 14.0. The van der Waals surface area contributed by atoms with Gasteiger partial charge in [-0.05, 0) is 54.7 Å². The first-order chi connectivity index (χ1) is 16.5. The SMILES string of the molecule is CCC(C(=O)NC1CCCCC1)N(Cc1cccc(OC)c1)C(=O)CSCc1ccc(Br)cc1. The van der Waals surface area contributed by atoms with Crippen molar-refractivity contribution in [1.29, 1.82) is 0 Å². The van der Waals surface area contributed by atoms with Gasteiger partial charge in [-0.3, -0.25) is 9.59 Å². The van der Waals surface area contributed by atoms with Crippen LogP contribution in [0.1, 0.15) is 56.6 Å². The van der Waals surface area contributed by atoms with Gasteiger partial charge in [0.2, 0.25) is 11.8 Å². The van der Waals surface area contributed by atoms with Gasteiger partial charge in [-0.25, -0.2) is 0 Å². The summed E-state index contributed by atoms with van der Waals surface area (Å²) in [6.45, 7) is 2.36. The predicted molar refractivity (Wildman–Crippen MR) is 143 cm³/mol. The molecule has 7 heteroatoms. The molecule has 0 heterocycles. The number of carbonyl (C=O) groups is 2. The third kappa shape index (κ3) is 8.05. The van der Waals surface area contributed by atoms with Crippen LogP contribution in [0, 0.1) is 0 Å². The number of nitrogens with zero attached hydrogens (tertiary/aromatic N) is 1. The van der Waals surface area contributed by atoms with Crippen molar-refractivity contribution in [2.24, 2.45) is 0 Å². The lowest BCUT2D eigenvalue weighted by molar-refractivity contribution is -0.139. The average molecular weight is 548 g/mol. The number of thioether (sulfide) groups is 1. The van der Waals surface area contributed by atoms with Crippen LogP contribution in [0.2, 0.25) is 0 Å². The van der Waals surface area contributed by atoms with Crippen LogP contribution < -0.4 is 10.1 Å². The smallest absolute Gasteiger partial charge is 0.243 e. The Hall–Kier alpha value is -1.99. The Morgan fingerprint density at radius 3 is 2.53 bits per heavy atom. The van der Waals surface area contributed by atoms with E-state index in [1.54, 1.807) is 23.8 Å². The molecule has 0 saturated heterocycles. The Kier molecular flexibility index (Phi) is 10.8. The van der Waals surface area contributed by atoms with Gasteiger partial charge >= 0.3 is 0 Å². The Bertz CT molecular complexity index is 932. The topological polar surface area (TPSA) is 58.6 Å². The van der Waals surface area contributed by atoms with Crippen molar-refractivity contribution in [3.05, 3.63) is 64.1 Å². The van der Waals surface area contributed by atoms with Crippen molar-refractivity contribution >= 4 is 39.5 Å². The maximum atomic E-state index is 13.4. The number of methoxy groups -OCH3 is 1. The predicted octanol–water partition coefficient (Wildman–Crippen LogP) is 5.95. The fraction of sp³-hybridized carbons (Fsp3) is 0.481. The van der Waals surface area contributed by atoms with Crippen LogP contribution in [0.3, 0.4) is 0 Å². The first kappa shape index (κ1) is 26.6. The van der Waals surface area contributed by atoms with Crippen molar-refractivity contribution in [3.8, 4) is 5.75 Å². The van der Waals surface area contributed by atoms with Gasteiger partial charge in [0, 0.05) is 22.8 Å². The van der Waals surface area contributed by atoms with Crippen molar-refractivity contribution < 1.29 is 14.3 Å². The summed E-state index contributed by atoms with van der Waals surface area (Å²) in [5.74, 6) is 1.76. The van der Waals surface area contributed by atoms with Gasteiger partial charge in [-0.2, -0.15) is 0 Å². The number of hydrogen-bond donors (Lipinski definition) is 1. The Morgan fingerprint density at radius 2 is 1.85 bits per heavy atom. The van der Waals surface area contributed by atoms with Crippen LogP contribution in [0.25, 0.3) is 0 Å². The molecule has 1 saturated carbocycles. The van der Waals surface area contributed by atoms with E-state index >= 15 is 0 Å². The third-order valence-electron chi connectivity index (χ3n) is 6.23. The highest BCUT2D eigenvalue weighted by molar-refractivity contribution is 9.10. The molecule has 0 bridgehead atoms. The molecule has 5 nitrogen and oxygen atoms in total. The highest BCUT2D eigenvalue weighted by Gasteiger charge is 2.30. The molecule has 0 spiro atoms. The third-order valence-corrected chi connectivity index (χ3v) is 7.75. The minimum atomic E-state index is -0.492. The van der Waals surface area contributed by atoms with E-state index in [1.807, 2.05) is 43.3 Å². The number of hydrogen-bond acceptors (Lipinski definition) is 4. The van der Waals surface area contributed by atoms with Gasteiger partial charge in [0.15, 0.2) is 0 Å². The van der Waals surface area contributed by atoms with E-state index in [1.165, 1.54) is 12.0 Å². The second-order valence-electron chi connectivity index (χ2n) is 8.76. The Morgan fingerprint density at radius 1 is 1.12 bits per heavy atom. The largest absolute Gasteiger partial charge is 0.497 e. The molecular formula is C27H35BrN2O3S. The minimum absolute atomic E-state index is 0.0180. The van der Waals surface area contributed by atoms with Gasteiger partial charge in [-0.1, -0.05) is 66.4 Å². The lowest BCUT2D eigenvalue weighted by atomic mass is 9.95. The molecule has 34 heavy (non-hydrogen) atoms. The summed E-state index contributed by atoms with van der Waals surface area (Å²) in [6, 6.07) is 15.6. The van der Waals surface area contributed by atoms with E-state index in [0.717, 1.165) is 47.2 Å². The number of halogens is 1. The maximum Gasteiger partial charge on any atom is 0.243 e. The number of rotatable bonds is 11. The molecule has 0 radical (unpaired) electrons. The van der Waals surface area contributed by atoms with Crippen molar-refractivity contribution in [1.82, 2.24) is 10.2 Å². The number of benzene rings is 2. The Labute approximate surface area is 216 Å². The molecule has 0 aliphatic heterocycles. The summed E-state index contributed by atoms with van der Waals surface area (Å²) in [6.07, 6.45) is 6.16. The van der Waals surface area contributed by atoms with Crippen molar-refractivity contribution in [2.45, 2.75) is 69.8 Å². The highest BCUT2D eigenvalue weighted by Crippen LogP contribution is 2.22. The van der Waals surface area contributed by atoms with Crippen molar-refractivity contribution in [2.75, 3.05) is 12.9 Å². The number of nitrogens with one attached hydrogen (secondary N) is 1. The van der Waals surface area contributed by atoms with Crippen LogP contribution >= 0.6 is 27.7 Å². The zero-order valence-corrected chi connectivity index (χ0v) is 22.5. The summed E-state index contributed by atoms with van der Waals surface area (Å²) >= 11 is 5.04. The van der Waals surface area contributed by atoms with Crippen LogP contribution in [0.4, 0.5) is 0 Å². The molecule has 2 aromatic carbocycles. The fourth-order valence-corrected chi connectivity index (χ4v) is 5.49. The van der Waals surface area contributed by atoms with Crippen molar-refractivity contribution in [3.63, 3.8) is 0 Å². The number of ether oxygens (including phenoxy) is 1. The molecule has 2 amide bonds. The van der Waals surface area contributed by atoms with E-state index in [2.05, 4.69) is 33.4 Å². The van der Waals surface area contributed by atoms with Crippen LogP contribution in [0.5, 0.6) is 5.75 Å². The normalized spacial score (nSPS) is 14.9. The molecule has 1 N–H and O–H groups in total. The van der Waals surface area contributed by atoms with Crippen LogP contribution in [-0.4, -0.2) is 41.7 Å². The van der Waals surface area contributed by atoms with E-state index in [9.17, 15) is 9.59 Å². The van der Waals surface area contributed by atoms with E-state index in [0.29, 0.717) is 18.7 Å². The second kappa shape index (κ2) is 13.8. The summed E-state index contributed by atoms with van der Waals surface area (Å²) in [5.41, 5.74) is 2.12. The Balaban J connectivity index is 1.71. The molecule has 1 aliphatic carbocycles. The summed E-state index contributed by atoms with van der Waals surface area (Å²) in [5, 5.41) is 3.23. The molecule has 2 aromatic rings. The fourth-order valence-electron chi connectivity index (χ4n) is 4.35. The van der Waals surface area contributed by atoms with Gasteiger partial charge < -0.3 is 15.0 Å². The molecule has 1 unspecified atom stereocenters. The number of carbonyl (C=O) groups excluding carboxylic acids is 2. The molecule has 1 atom stereocenters. The zero-order chi connectivity index (χ0) is 24.3. The second-order valence-corrected chi connectivity index (χ2v) is 10.7. The monoisotopic (exact) mass is 546 g/mol. The van der Waals surface area contributed by atoms with Gasteiger partial charge in [0.1, 0.15) is 11.8 Å². The first-order valence-electron chi connectivity index (χ1n) is 12.0. The summed E-state index contributed by atoms with van der Waals surface area (Å²) in [7, 11) is 1.63. The summed E-state index contributed by atoms with van der Waals surface area (Å²) < 4.78 is 6.40. The minimum Gasteiger partial charge on any atom is -0.497 e.